The number of para-hydroxylation sites is 1. The molecule has 1 N–H and O–H groups in total. The summed E-state index contributed by atoms with van der Waals surface area (Å²) in [5.41, 5.74) is 3.45. The fourth-order valence-electron chi connectivity index (χ4n) is 4.28. The molecule has 2 aliphatic rings. The predicted octanol–water partition coefficient (Wildman–Crippen LogP) is 3.45. The summed E-state index contributed by atoms with van der Waals surface area (Å²) in [7, 11) is 0. The maximum Gasteiger partial charge on any atom is 0.227 e. The molecule has 2 aromatic rings. The van der Waals surface area contributed by atoms with E-state index in [1.54, 1.807) is 0 Å². The molecule has 0 bridgehead atoms. The Bertz CT molecular complexity index is 842. The van der Waals surface area contributed by atoms with Crippen LogP contribution in [0.1, 0.15) is 30.4 Å². The first-order valence-electron chi connectivity index (χ1n) is 10.5. The lowest BCUT2D eigenvalue weighted by Crippen LogP contribution is -2.45. The summed E-state index contributed by atoms with van der Waals surface area (Å²) in [5, 5.41) is 3.55. The van der Waals surface area contributed by atoms with E-state index in [1.165, 1.54) is 5.56 Å². The number of aryl methyl sites for hydroxylation is 1. The third kappa shape index (κ3) is 4.78. The van der Waals surface area contributed by atoms with Gasteiger partial charge in [-0.25, -0.2) is 0 Å². The lowest BCUT2D eigenvalue weighted by atomic mass is 10.0. The zero-order valence-electron chi connectivity index (χ0n) is 17.0. The van der Waals surface area contributed by atoms with Gasteiger partial charge in [0.25, 0.3) is 0 Å². The number of amides is 2. The summed E-state index contributed by atoms with van der Waals surface area (Å²) in [4.78, 5) is 29.2. The molecule has 0 radical (unpaired) electrons. The van der Waals surface area contributed by atoms with Crippen LogP contribution in [0.25, 0.3) is 0 Å². The minimum Gasteiger partial charge on any atom is -0.382 e. The van der Waals surface area contributed by atoms with Gasteiger partial charge in [-0.1, -0.05) is 48.0 Å². The molecule has 152 valence electrons. The Labute approximate surface area is 172 Å². The number of hydrogen-bond acceptors (Lipinski definition) is 3. The second-order valence-electron chi connectivity index (χ2n) is 8.27. The summed E-state index contributed by atoms with van der Waals surface area (Å²) >= 11 is 0. The van der Waals surface area contributed by atoms with Gasteiger partial charge in [0.2, 0.25) is 11.8 Å². The monoisotopic (exact) mass is 391 g/mol. The molecule has 2 fully saturated rings. The van der Waals surface area contributed by atoms with Crippen LogP contribution in [0.15, 0.2) is 54.6 Å². The molecule has 5 nitrogen and oxygen atoms in total. The minimum absolute atomic E-state index is 0.0876. The van der Waals surface area contributed by atoms with Crippen molar-refractivity contribution in [3.8, 4) is 0 Å². The number of piperidine rings is 1. The zero-order chi connectivity index (χ0) is 20.2. The standard InChI is InChI=1S/C24H29N3O2/c1-18-7-9-19(10-8-18)16-27-17-20(15-23(27)28)24(29)26-13-11-22(12-14-26)25-21-5-3-2-4-6-21/h2-10,20,22,25H,11-17H2,1H3. The molecule has 2 heterocycles. The van der Waals surface area contributed by atoms with Gasteiger partial charge >= 0.3 is 0 Å². The molecule has 4 rings (SSSR count). The highest BCUT2D eigenvalue weighted by Gasteiger charge is 2.37. The van der Waals surface area contributed by atoms with Gasteiger partial charge in [0.15, 0.2) is 0 Å². The summed E-state index contributed by atoms with van der Waals surface area (Å²) in [6.45, 7) is 4.69. The molecule has 2 saturated heterocycles. The van der Waals surface area contributed by atoms with Crippen LogP contribution < -0.4 is 5.32 Å². The second kappa shape index (κ2) is 8.68. The molecule has 5 heteroatoms. The van der Waals surface area contributed by atoms with Gasteiger partial charge < -0.3 is 15.1 Å². The molecule has 1 unspecified atom stereocenters. The molecule has 0 aromatic heterocycles. The molecular weight excluding hydrogens is 362 g/mol. The van der Waals surface area contributed by atoms with Crippen molar-refractivity contribution in [2.24, 2.45) is 5.92 Å². The largest absolute Gasteiger partial charge is 0.382 e. The van der Waals surface area contributed by atoms with E-state index in [1.807, 2.05) is 28.0 Å². The van der Waals surface area contributed by atoms with Crippen LogP contribution in [0.2, 0.25) is 0 Å². The Morgan fingerprint density at radius 2 is 1.72 bits per heavy atom. The smallest absolute Gasteiger partial charge is 0.227 e. The highest BCUT2D eigenvalue weighted by Crippen LogP contribution is 2.25. The van der Waals surface area contributed by atoms with Crippen LogP contribution in [-0.2, 0) is 16.1 Å². The number of benzene rings is 2. The summed E-state index contributed by atoms with van der Waals surface area (Å²) < 4.78 is 0. The normalized spacial score (nSPS) is 20.2. The average molecular weight is 392 g/mol. The molecule has 2 aliphatic heterocycles. The number of anilines is 1. The summed E-state index contributed by atoms with van der Waals surface area (Å²) in [5.74, 6) is 0.0269. The lowest BCUT2D eigenvalue weighted by molar-refractivity contribution is -0.136. The third-order valence-corrected chi connectivity index (χ3v) is 6.01. The van der Waals surface area contributed by atoms with Crippen molar-refractivity contribution < 1.29 is 9.59 Å². The van der Waals surface area contributed by atoms with Crippen molar-refractivity contribution in [2.45, 2.75) is 38.8 Å². The molecule has 0 saturated carbocycles. The van der Waals surface area contributed by atoms with E-state index < -0.39 is 0 Å². The van der Waals surface area contributed by atoms with Crippen molar-refractivity contribution >= 4 is 17.5 Å². The van der Waals surface area contributed by atoms with Crippen molar-refractivity contribution in [1.29, 1.82) is 0 Å². The van der Waals surface area contributed by atoms with Crippen molar-refractivity contribution in [3.05, 3.63) is 65.7 Å². The first kappa shape index (κ1) is 19.5. The van der Waals surface area contributed by atoms with Gasteiger partial charge in [-0.05, 0) is 37.5 Å². The Kier molecular flexibility index (Phi) is 5.84. The van der Waals surface area contributed by atoms with E-state index in [4.69, 9.17) is 0 Å². The number of carbonyl (C=O) groups excluding carboxylic acids is 2. The quantitative estimate of drug-likeness (QED) is 0.849. The van der Waals surface area contributed by atoms with Crippen molar-refractivity contribution in [1.82, 2.24) is 9.80 Å². The van der Waals surface area contributed by atoms with E-state index >= 15 is 0 Å². The van der Waals surface area contributed by atoms with Crippen LogP contribution >= 0.6 is 0 Å². The Balaban J connectivity index is 1.28. The number of carbonyl (C=O) groups is 2. The molecule has 2 amide bonds. The van der Waals surface area contributed by atoms with Gasteiger partial charge in [0.1, 0.15) is 0 Å². The van der Waals surface area contributed by atoms with Gasteiger partial charge in [-0.15, -0.1) is 0 Å². The highest BCUT2D eigenvalue weighted by molar-refractivity contribution is 5.89. The van der Waals surface area contributed by atoms with E-state index in [0.29, 0.717) is 25.6 Å². The van der Waals surface area contributed by atoms with E-state index in [0.717, 1.165) is 37.2 Å². The van der Waals surface area contributed by atoms with Crippen molar-refractivity contribution in [2.75, 3.05) is 25.0 Å². The zero-order valence-corrected chi connectivity index (χ0v) is 17.0. The second-order valence-corrected chi connectivity index (χ2v) is 8.27. The maximum atomic E-state index is 13.0. The molecule has 29 heavy (non-hydrogen) atoms. The fourth-order valence-corrected chi connectivity index (χ4v) is 4.28. The van der Waals surface area contributed by atoms with Gasteiger partial charge in [-0.3, -0.25) is 9.59 Å². The van der Waals surface area contributed by atoms with Crippen LogP contribution in [0.4, 0.5) is 5.69 Å². The van der Waals surface area contributed by atoms with E-state index in [2.05, 4.69) is 48.6 Å². The van der Waals surface area contributed by atoms with Gasteiger partial charge in [0.05, 0.1) is 5.92 Å². The number of rotatable bonds is 5. The summed E-state index contributed by atoms with van der Waals surface area (Å²) in [6.07, 6.45) is 2.22. The van der Waals surface area contributed by atoms with Crippen molar-refractivity contribution in [3.63, 3.8) is 0 Å². The molecule has 0 aliphatic carbocycles. The van der Waals surface area contributed by atoms with Crippen LogP contribution in [0.5, 0.6) is 0 Å². The topological polar surface area (TPSA) is 52.7 Å². The van der Waals surface area contributed by atoms with E-state index in [9.17, 15) is 9.59 Å². The Morgan fingerprint density at radius 1 is 1.03 bits per heavy atom. The number of hydrogen-bond donors (Lipinski definition) is 1. The number of likely N-dealkylation sites (tertiary alicyclic amines) is 2. The number of nitrogens with one attached hydrogen (secondary N) is 1. The molecule has 2 aromatic carbocycles. The average Bonchev–Trinajstić information content (AvgIpc) is 3.11. The SMILES string of the molecule is Cc1ccc(CN2CC(C(=O)N3CCC(Nc4ccccc4)CC3)CC2=O)cc1. The molecule has 0 spiro atoms. The predicted molar refractivity (Wildman–Crippen MR) is 114 cm³/mol. The number of nitrogens with zero attached hydrogens (tertiary/aromatic N) is 2. The first-order chi connectivity index (χ1) is 14.1. The first-order valence-corrected chi connectivity index (χ1v) is 10.5. The Morgan fingerprint density at radius 3 is 2.41 bits per heavy atom. The van der Waals surface area contributed by atoms with Crippen LogP contribution in [0.3, 0.4) is 0 Å². The van der Waals surface area contributed by atoms with Crippen LogP contribution in [-0.4, -0.2) is 47.3 Å². The minimum atomic E-state index is -0.202. The lowest BCUT2D eigenvalue weighted by Gasteiger charge is -2.34. The van der Waals surface area contributed by atoms with Crippen LogP contribution in [0, 0.1) is 12.8 Å². The maximum absolute atomic E-state index is 13.0. The molecule has 1 atom stereocenters. The van der Waals surface area contributed by atoms with Gasteiger partial charge in [-0.2, -0.15) is 0 Å². The summed E-state index contributed by atoms with van der Waals surface area (Å²) in [6, 6.07) is 18.8. The molecular formula is C24H29N3O2. The third-order valence-electron chi connectivity index (χ3n) is 6.01. The van der Waals surface area contributed by atoms with E-state index in [-0.39, 0.29) is 17.7 Å². The van der Waals surface area contributed by atoms with Gasteiger partial charge in [0, 0.05) is 44.3 Å². The Hall–Kier alpha value is -2.82. The highest BCUT2D eigenvalue weighted by atomic mass is 16.2. The fraction of sp³-hybridized carbons (Fsp3) is 0.417.